The molecule has 11 heteroatoms. The average Bonchev–Trinajstić information content (AvgIpc) is 3.14. The summed E-state index contributed by atoms with van der Waals surface area (Å²) in [6, 6.07) is 18.3. The second-order valence-electron chi connectivity index (χ2n) is 13.3. The summed E-state index contributed by atoms with van der Waals surface area (Å²) in [5, 5.41) is 12.3. The Balaban J connectivity index is 1.43. The van der Waals surface area contributed by atoms with Crippen molar-refractivity contribution in [2.24, 2.45) is 4.99 Å². The largest absolute Gasteiger partial charge is 0.478 e. The SMILES string of the molecule is CCCCCCCCCCCCCCCCCCN1C(C(Oc2cccc(C(=O)O)c2)C(=O)Nc2ccccc2C=O)=Nc2ccccc2S1(=O)=O. The highest BCUT2D eigenvalue weighted by Gasteiger charge is 2.41. The predicted molar refractivity (Wildman–Crippen MR) is 205 cm³/mol. The number of aliphatic imine (C=N–C) groups is 1. The maximum Gasteiger partial charge on any atom is 0.335 e. The Hall–Kier alpha value is -4.51. The van der Waals surface area contributed by atoms with E-state index in [2.05, 4.69) is 17.2 Å². The number of nitrogens with zero attached hydrogens (tertiary/aromatic N) is 2. The predicted octanol–water partition coefficient (Wildman–Crippen LogP) is 9.58. The Kier molecular flexibility index (Phi) is 16.4. The number of amides is 1. The molecular formula is C41H53N3O7S. The van der Waals surface area contributed by atoms with Crippen molar-refractivity contribution in [1.29, 1.82) is 0 Å². The molecule has 3 aromatic rings. The van der Waals surface area contributed by atoms with Crippen LogP contribution >= 0.6 is 0 Å². The molecule has 0 radical (unpaired) electrons. The van der Waals surface area contributed by atoms with Crippen LogP contribution in [0.1, 0.15) is 130 Å². The van der Waals surface area contributed by atoms with Crippen molar-refractivity contribution >= 4 is 45.4 Å². The molecule has 1 atom stereocenters. The van der Waals surface area contributed by atoms with E-state index in [-0.39, 0.29) is 45.5 Å². The summed E-state index contributed by atoms with van der Waals surface area (Å²) in [5.41, 5.74) is 0.515. The lowest BCUT2D eigenvalue weighted by Crippen LogP contribution is -2.52. The minimum Gasteiger partial charge on any atom is -0.478 e. The lowest BCUT2D eigenvalue weighted by Gasteiger charge is -2.33. The van der Waals surface area contributed by atoms with Crippen LogP contribution in [0.3, 0.4) is 0 Å². The maximum absolute atomic E-state index is 14.1. The topological polar surface area (TPSA) is 142 Å². The molecule has 0 fully saturated rings. The van der Waals surface area contributed by atoms with E-state index in [0.717, 1.165) is 30.0 Å². The number of hydrogen-bond donors (Lipinski definition) is 2. The number of carboxylic acids is 1. The molecular weight excluding hydrogens is 679 g/mol. The van der Waals surface area contributed by atoms with Gasteiger partial charge in [-0.05, 0) is 48.9 Å². The molecule has 1 aliphatic heterocycles. The summed E-state index contributed by atoms with van der Waals surface area (Å²) in [4.78, 5) is 42.1. The number of ether oxygens (including phenoxy) is 1. The fraction of sp³-hybridized carbons (Fsp3) is 0.463. The Bertz CT molecular complexity index is 1760. The molecule has 0 spiro atoms. The molecule has 10 nitrogen and oxygen atoms in total. The first-order valence-corrected chi connectivity index (χ1v) is 20.3. The molecule has 52 heavy (non-hydrogen) atoms. The van der Waals surface area contributed by atoms with Gasteiger partial charge in [0.05, 0.1) is 16.9 Å². The second kappa shape index (κ2) is 21.1. The van der Waals surface area contributed by atoms with Gasteiger partial charge >= 0.3 is 5.97 Å². The molecule has 1 aliphatic rings. The monoisotopic (exact) mass is 731 g/mol. The van der Waals surface area contributed by atoms with Crippen LogP contribution in [0.2, 0.25) is 0 Å². The highest BCUT2D eigenvalue weighted by Crippen LogP contribution is 2.34. The highest BCUT2D eigenvalue weighted by atomic mass is 32.2. The molecule has 1 unspecified atom stereocenters. The van der Waals surface area contributed by atoms with Crippen LogP contribution < -0.4 is 10.1 Å². The molecule has 1 heterocycles. The van der Waals surface area contributed by atoms with Crippen LogP contribution in [0.5, 0.6) is 5.75 Å². The van der Waals surface area contributed by atoms with Crippen molar-refractivity contribution in [3.05, 3.63) is 83.9 Å². The first-order valence-electron chi connectivity index (χ1n) is 18.8. The Labute approximate surface area is 308 Å². The van der Waals surface area contributed by atoms with Crippen LogP contribution in [0.4, 0.5) is 11.4 Å². The van der Waals surface area contributed by atoms with Crippen molar-refractivity contribution in [3.63, 3.8) is 0 Å². The summed E-state index contributed by atoms with van der Waals surface area (Å²) in [6.07, 6.45) is 17.9. The lowest BCUT2D eigenvalue weighted by atomic mass is 10.0. The van der Waals surface area contributed by atoms with E-state index < -0.39 is 28.0 Å². The van der Waals surface area contributed by atoms with Gasteiger partial charge in [0.1, 0.15) is 10.6 Å². The molecule has 0 aromatic heterocycles. The summed E-state index contributed by atoms with van der Waals surface area (Å²) < 4.78 is 35.5. The maximum atomic E-state index is 14.1. The van der Waals surface area contributed by atoms with Gasteiger partial charge in [0, 0.05) is 12.1 Å². The third kappa shape index (κ3) is 11.8. The number of anilines is 1. The Morgan fingerprint density at radius 2 is 1.37 bits per heavy atom. The van der Waals surface area contributed by atoms with Gasteiger partial charge in [0.25, 0.3) is 15.9 Å². The van der Waals surface area contributed by atoms with E-state index in [1.165, 1.54) is 107 Å². The summed E-state index contributed by atoms with van der Waals surface area (Å²) >= 11 is 0. The molecule has 4 rings (SSSR count). The fourth-order valence-corrected chi connectivity index (χ4v) is 8.01. The number of aromatic carboxylic acids is 1. The lowest BCUT2D eigenvalue weighted by molar-refractivity contribution is -0.120. The first-order chi connectivity index (χ1) is 25.3. The summed E-state index contributed by atoms with van der Waals surface area (Å²) in [5.74, 6) is -2.09. The minimum absolute atomic E-state index is 0.0218. The van der Waals surface area contributed by atoms with E-state index >= 15 is 0 Å². The van der Waals surface area contributed by atoms with E-state index in [1.54, 1.807) is 36.4 Å². The smallest absolute Gasteiger partial charge is 0.335 e. The number of carboxylic acid groups (broad SMARTS) is 1. The molecule has 3 aromatic carbocycles. The number of rotatable bonds is 24. The second-order valence-corrected chi connectivity index (χ2v) is 15.2. The van der Waals surface area contributed by atoms with Crippen molar-refractivity contribution in [2.45, 2.75) is 121 Å². The third-order valence-electron chi connectivity index (χ3n) is 9.29. The normalized spacial score (nSPS) is 13.9. The molecule has 280 valence electrons. The number of benzene rings is 3. The number of hydrogen-bond acceptors (Lipinski definition) is 7. The number of carbonyl (C=O) groups excluding carboxylic acids is 2. The number of aldehydes is 1. The number of nitrogens with one attached hydrogen (secondary N) is 1. The molecule has 1 amide bonds. The summed E-state index contributed by atoms with van der Waals surface area (Å²) in [6.45, 7) is 2.32. The minimum atomic E-state index is -4.14. The van der Waals surface area contributed by atoms with Crippen LogP contribution in [0.15, 0.2) is 82.7 Å². The quantitative estimate of drug-likeness (QED) is 0.0690. The van der Waals surface area contributed by atoms with Gasteiger partial charge in [-0.3, -0.25) is 9.59 Å². The number of amidine groups is 1. The van der Waals surface area contributed by atoms with Gasteiger partial charge in [-0.2, -0.15) is 0 Å². The van der Waals surface area contributed by atoms with Crippen LogP contribution in [0.25, 0.3) is 0 Å². The fourth-order valence-electron chi connectivity index (χ4n) is 6.39. The standard InChI is InChI=1S/C41H53N3O7S/c1-2-3-4-5-6-7-8-9-10-11-12-13-14-15-16-21-29-44-39(42-36-27-19-20-28-37(36)52(44,49)50)38(51-34-25-22-24-32(30-34)41(47)48)40(46)43-35-26-18-17-23-33(35)31-45/h17-20,22-28,30-31,38H,2-16,21,29H2,1H3,(H,43,46)(H,47,48). The van der Waals surface area contributed by atoms with Crippen molar-refractivity contribution in [3.8, 4) is 5.75 Å². The number of fused-ring (bicyclic) bond motifs is 1. The Morgan fingerprint density at radius 1 is 0.788 bits per heavy atom. The number of unbranched alkanes of at least 4 members (excludes halogenated alkanes) is 15. The van der Waals surface area contributed by atoms with Crippen LogP contribution in [-0.2, 0) is 14.8 Å². The van der Waals surface area contributed by atoms with Crippen molar-refractivity contribution in [2.75, 3.05) is 11.9 Å². The van der Waals surface area contributed by atoms with Gasteiger partial charge in [-0.1, -0.05) is 134 Å². The van der Waals surface area contributed by atoms with Crippen LogP contribution in [0, 0.1) is 0 Å². The zero-order valence-electron chi connectivity index (χ0n) is 30.3. The van der Waals surface area contributed by atoms with Crippen molar-refractivity contribution in [1.82, 2.24) is 4.31 Å². The molecule has 0 saturated heterocycles. The van der Waals surface area contributed by atoms with Gasteiger partial charge in [-0.15, -0.1) is 0 Å². The average molecular weight is 732 g/mol. The van der Waals surface area contributed by atoms with E-state index in [4.69, 9.17) is 4.74 Å². The first kappa shape index (κ1) is 40.3. The Morgan fingerprint density at radius 3 is 1.98 bits per heavy atom. The zero-order chi connectivity index (χ0) is 37.2. The summed E-state index contributed by atoms with van der Waals surface area (Å²) in [7, 11) is -4.14. The van der Waals surface area contributed by atoms with Crippen molar-refractivity contribution < 1.29 is 32.6 Å². The van der Waals surface area contributed by atoms with Crippen LogP contribution in [-0.4, -0.2) is 54.5 Å². The van der Waals surface area contributed by atoms with Gasteiger partial charge < -0.3 is 15.2 Å². The highest BCUT2D eigenvalue weighted by molar-refractivity contribution is 7.90. The van der Waals surface area contributed by atoms with E-state index in [0.29, 0.717) is 12.7 Å². The molecule has 0 aliphatic carbocycles. The molecule has 0 bridgehead atoms. The van der Waals surface area contributed by atoms with Gasteiger partial charge in [0.2, 0.25) is 6.10 Å². The number of sulfonamides is 1. The number of carbonyl (C=O) groups is 3. The number of para-hydroxylation sites is 2. The third-order valence-corrected chi connectivity index (χ3v) is 11.1. The van der Waals surface area contributed by atoms with Gasteiger partial charge in [0.15, 0.2) is 12.1 Å². The van der Waals surface area contributed by atoms with Gasteiger partial charge in [-0.25, -0.2) is 22.5 Å². The molecule has 0 saturated carbocycles. The molecule has 2 N–H and O–H groups in total. The zero-order valence-corrected chi connectivity index (χ0v) is 31.1. The van der Waals surface area contributed by atoms with E-state index in [9.17, 15) is 27.9 Å². The van der Waals surface area contributed by atoms with E-state index in [1.807, 2.05) is 0 Å².